The molecule has 1 aromatic heterocycles. The molecule has 0 amide bonds. The summed E-state index contributed by atoms with van der Waals surface area (Å²) in [5.41, 5.74) is 4.39. The molecule has 0 fully saturated rings. The molecule has 3 aromatic rings. The van der Waals surface area contributed by atoms with Gasteiger partial charge in [0.25, 0.3) is 0 Å². The van der Waals surface area contributed by atoms with E-state index in [2.05, 4.69) is 35.5 Å². The zero-order chi connectivity index (χ0) is 16.1. The third-order valence-electron chi connectivity index (χ3n) is 3.98. The number of benzene rings is 2. The van der Waals surface area contributed by atoms with Crippen molar-refractivity contribution >= 4 is 0 Å². The first-order chi connectivity index (χ1) is 11.3. The summed E-state index contributed by atoms with van der Waals surface area (Å²) in [5.74, 6) is 0. The summed E-state index contributed by atoms with van der Waals surface area (Å²) in [6.07, 6.45) is 3.74. The van der Waals surface area contributed by atoms with E-state index in [0.29, 0.717) is 0 Å². The minimum atomic E-state index is 0.0721. The number of rotatable bonds is 6. The van der Waals surface area contributed by atoms with Gasteiger partial charge < -0.3 is 10.4 Å². The average molecular weight is 307 g/mol. The first-order valence-electron chi connectivity index (χ1n) is 7.79. The van der Waals surface area contributed by atoms with Crippen molar-refractivity contribution in [3.05, 3.63) is 83.7 Å². The summed E-state index contributed by atoms with van der Waals surface area (Å²) in [4.78, 5) is 0. The van der Waals surface area contributed by atoms with Crippen LogP contribution in [0.5, 0.6) is 0 Å². The van der Waals surface area contributed by atoms with E-state index >= 15 is 0 Å². The van der Waals surface area contributed by atoms with Gasteiger partial charge in [-0.05, 0) is 35.7 Å². The monoisotopic (exact) mass is 307 g/mol. The van der Waals surface area contributed by atoms with Gasteiger partial charge in [-0.3, -0.25) is 0 Å². The summed E-state index contributed by atoms with van der Waals surface area (Å²) in [7, 11) is 0. The molecule has 4 heteroatoms. The van der Waals surface area contributed by atoms with Crippen LogP contribution in [0, 0.1) is 0 Å². The predicted molar refractivity (Wildman–Crippen MR) is 91.2 cm³/mol. The molecule has 1 atom stereocenters. The molecule has 2 aromatic carbocycles. The fraction of sp³-hybridized carbons (Fsp3) is 0.211. The molecule has 0 spiro atoms. The second kappa shape index (κ2) is 7.22. The molecule has 4 nitrogen and oxygen atoms in total. The molecule has 0 aliphatic heterocycles. The van der Waals surface area contributed by atoms with Gasteiger partial charge in [-0.2, -0.15) is 5.10 Å². The molecule has 0 aliphatic rings. The van der Waals surface area contributed by atoms with Crippen molar-refractivity contribution in [2.45, 2.75) is 26.1 Å². The van der Waals surface area contributed by atoms with Crippen LogP contribution < -0.4 is 5.32 Å². The van der Waals surface area contributed by atoms with Crippen molar-refractivity contribution in [3.8, 4) is 5.69 Å². The van der Waals surface area contributed by atoms with Crippen molar-refractivity contribution in [3.63, 3.8) is 0 Å². The molecule has 2 N–H and O–H groups in total. The Morgan fingerprint density at radius 1 is 1.13 bits per heavy atom. The van der Waals surface area contributed by atoms with Gasteiger partial charge in [0.15, 0.2) is 0 Å². The number of nitrogens with one attached hydrogen (secondary N) is 1. The lowest BCUT2D eigenvalue weighted by Crippen LogP contribution is -2.19. The normalized spacial score (nSPS) is 12.3. The molecule has 3 rings (SSSR count). The highest BCUT2D eigenvalue weighted by atomic mass is 16.3. The summed E-state index contributed by atoms with van der Waals surface area (Å²) >= 11 is 0. The Morgan fingerprint density at radius 3 is 2.78 bits per heavy atom. The maximum atomic E-state index is 9.26. The van der Waals surface area contributed by atoms with Gasteiger partial charge in [-0.1, -0.05) is 42.5 Å². The van der Waals surface area contributed by atoms with E-state index in [0.717, 1.165) is 17.8 Å². The fourth-order valence-electron chi connectivity index (χ4n) is 2.64. The minimum Gasteiger partial charge on any atom is -0.392 e. The number of aliphatic hydroxyl groups excluding tert-OH is 1. The van der Waals surface area contributed by atoms with Gasteiger partial charge in [-0.15, -0.1) is 0 Å². The quantitative estimate of drug-likeness (QED) is 0.735. The van der Waals surface area contributed by atoms with Gasteiger partial charge in [0.1, 0.15) is 0 Å². The molecular formula is C19H21N3O. The Labute approximate surface area is 136 Å². The smallest absolute Gasteiger partial charge is 0.0690 e. The lowest BCUT2D eigenvalue weighted by atomic mass is 10.0. The first-order valence-corrected chi connectivity index (χ1v) is 7.79. The molecule has 0 aliphatic carbocycles. The van der Waals surface area contributed by atoms with Crippen LogP contribution >= 0.6 is 0 Å². The molecular weight excluding hydrogens is 286 g/mol. The van der Waals surface area contributed by atoms with E-state index in [9.17, 15) is 5.11 Å². The van der Waals surface area contributed by atoms with E-state index < -0.39 is 0 Å². The average Bonchev–Trinajstić information content (AvgIpc) is 3.14. The highest BCUT2D eigenvalue weighted by Gasteiger charge is 2.08. The van der Waals surface area contributed by atoms with E-state index in [4.69, 9.17) is 0 Å². The van der Waals surface area contributed by atoms with Crippen LogP contribution in [0.4, 0.5) is 0 Å². The second-order valence-electron chi connectivity index (χ2n) is 5.59. The summed E-state index contributed by atoms with van der Waals surface area (Å²) in [5, 5.41) is 17.1. The first kappa shape index (κ1) is 15.5. The highest BCUT2D eigenvalue weighted by molar-refractivity contribution is 5.40. The van der Waals surface area contributed by atoms with Crippen molar-refractivity contribution < 1.29 is 5.11 Å². The maximum Gasteiger partial charge on any atom is 0.0690 e. The number of hydrogen-bond donors (Lipinski definition) is 2. The molecule has 0 bridgehead atoms. The summed E-state index contributed by atoms with van der Waals surface area (Å²) in [6.45, 7) is 2.95. The zero-order valence-corrected chi connectivity index (χ0v) is 13.2. The number of aliphatic hydroxyl groups is 1. The van der Waals surface area contributed by atoms with Crippen molar-refractivity contribution in [2.24, 2.45) is 0 Å². The molecule has 1 heterocycles. The Kier molecular flexibility index (Phi) is 4.86. The minimum absolute atomic E-state index is 0.0721. The predicted octanol–water partition coefficient (Wildman–Crippen LogP) is 3.22. The molecule has 1 unspecified atom stereocenters. The van der Waals surface area contributed by atoms with Gasteiger partial charge in [0, 0.05) is 25.0 Å². The van der Waals surface area contributed by atoms with Gasteiger partial charge >= 0.3 is 0 Å². The van der Waals surface area contributed by atoms with Crippen LogP contribution in [0.1, 0.15) is 29.7 Å². The van der Waals surface area contributed by atoms with E-state index in [1.807, 2.05) is 47.3 Å². The molecule has 118 valence electrons. The van der Waals surface area contributed by atoms with E-state index in [1.54, 1.807) is 6.20 Å². The Balaban J connectivity index is 1.73. The third-order valence-corrected chi connectivity index (χ3v) is 3.98. The number of para-hydroxylation sites is 1. The summed E-state index contributed by atoms with van der Waals surface area (Å²) < 4.78 is 1.88. The molecule has 23 heavy (non-hydrogen) atoms. The lowest BCUT2D eigenvalue weighted by Gasteiger charge is -2.17. The van der Waals surface area contributed by atoms with Crippen LogP contribution in [0.25, 0.3) is 5.69 Å². The zero-order valence-electron chi connectivity index (χ0n) is 13.2. The van der Waals surface area contributed by atoms with Gasteiger partial charge in [0.05, 0.1) is 12.3 Å². The lowest BCUT2D eigenvalue weighted by molar-refractivity contribution is 0.281. The molecule has 0 radical (unpaired) electrons. The SMILES string of the molecule is CC(NCc1ccccc1-n1cccn1)c1cccc(CO)c1. The Morgan fingerprint density at radius 2 is 2.00 bits per heavy atom. The second-order valence-corrected chi connectivity index (χ2v) is 5.59. The van der Waals surface area contributed by atoms with E-state index in [-0.39, 0.29) is 12.6 Å². The Bertz CT molecular complexity index is 753. The van der Waals surface area contributed by atoms with E-state index in [1.165, 1.54) is 11.1 Å². The maximum absolute atomic E-state index is 9.26. The van der Waals surface area contributed by atoms with Crippen molar-refractivity contribution in [1.82, 2.24) is 15.1 Å². The fourth-order valence-corrected chi connectivity index (χ4v) is 2.64. The van der Waals surface area contributed by atoms with Crippen LogP contribution in [-0.2, 0) is 13.2 Å². The molecule has 0 saturated heterocycles. The highest BCUT2D eigenvalue weighted by Crippen LogP contribution is 2.17. The number of hydrogen-bond acceptors (Lipinski definition) is 3. The largest absolute Gasteiger partial charge is 0.392 e. The van der Waals surface area contributed by atoms with Gasteiger partial charge in [0.2, 0.25) is 0 Å². The number of nitrogens with zero attached hydrogens (tertiary/aromatic N) is 2. The third kappa shape index (κ3) is 3.67. The topological polar surface area (TPSA) is 50.1 Å². The van der Waals surface area contributed by atoms with Gasteiger partial charge in [-0.25, -0.2) is 4.68 Å². The Hall–Kier alpha value is -2.43. The summed E-state index contributed by atoms with van der Waals surface area (Å²) in [6, 6.07) is 18.4. The molecule has 0 saturated carbocycles. The van der Waals surface area contributed by atoms with Crippen molar-refractivity contribution in [2.75, 3.05) is 0 Å². The number of aromatic nitrogens is 2. The van der Waals surface area contributed by atoms with Crippen LogP contribution in [0.2, 0.25) is 0 Å². The van der Waals surface area contributed by atoms with Crippen LogP contribution in [0.3, 0.4) is 0 Å². The standard InChI is InChI=1S/C19H21N3O/c1-15(17-8-4-6-16(12-17)14-23)20-13-18-7-2-3-9-19(18)22-11-5-10-21-22/h2-12,15,20,23H,13-14H2,1H3. The van der Waals surface area contributed by atoms with Crippen LogP contribution in [0.15, 0.2) is 67.0 Å². The van der Waals surface area contributed by atoms with Crippen LogP contribution in [-0.4, -0.2) is 14.9 Å². The van der Waals surface area contributed by atoms with Crippen molar-refractivity contribution in [1.29, 1.82) is 0 Å².